The number of rotatable bonds is 3. The van der Waals surface area contributed by atoms with Crippen molar-refractivity contribution in [3.63, 3.8) is 0 Å². The first-order valence-electron chi connectivity index (χ1n) is 6.70. The Kier molecular flexibility index (Phi) is 4.57. The van der Waals surface area contributed by atoms with Crippen LogP contribution in [0.3, 0.4) is 0 Å². The number of hydrogen-bond acceptors (Lipinski definition) is 2. The van der Waals surface area contributed by atoms with Gasteiger partial charge in [0.1, 0.15) is 0 Å². The summed E-state index contributed by atoms with van der Waals surface area (Å²) in [4.78, 5) is 11.0. The fraction of sp³-hybridized carbons (Fsp3) is 0.438. The first kappa shape index (κ1) is 12.9. The van der Waals surface area contributed by atoms with Gasteiger partial charge in [-0.25, -0.2) is 0 Å². The Bertz CT molecular complexity index is 414. The van der Waals surface area contributed by atoms with Crippen LogP contribution in [0.5, 0.6) is 0 Å². The highest BCUT2D eigenvalue weighted by Gasteiger charge is 2.19. The lowest BCUT2D eigenvalue weighted by molar-refractivity contribution is -0.135. The average Bonchev–Trinajstić information content (AvgIpc) is 2.41. The molecule has 0 saturated heterocycles. The third-order valence-electron chi connectivity index (χ3n) is 3.50. The monoisotopic (exact) mass is 244 g/mol. The summed E-state index contributed by atoms with van der Waals surface area (Å²) in [5.74, 6) is 0.278. The van der Waals surface area contributed by atoms with Gasteiger partial charge < -0.3 is 4.74 Å². The summed E-state index contributed by atoms with van der Waals surface area (Å²) in [7, 11) is 0. The molecule has 0 aromatic heterocycles. The van der Waals surface area contributed by atoms with Gasteiger partial charge >= 0.3 is 5.97 Å². The highest BCUT2D eigenvalue weighted by molar-refractivity contribution is 5.71. The van der Waals surface area contributed by atoms with Gasteiger partial charge in [0.05, 0.1) is 6.26 Å². The van der Waals surface area contributed by atoms with Crippen molar-refractivity contribution in [1.82, 2.24) is 0 Å². The minimum atomic E-state index is -0.251. The molecule has 0 aliphatic heterocycles. The highest BCUT2D eigenvalue weighted by atomic mass is 16.5. The summed E-state index contributed by atoms with van der Waals surface area (Å²) in [6.07, 6.45) is 7.92. The number of benzene rings is 1. The van der Waals surface area contributed by atoms with Crippen molar-refractivity contribution in [2.75, 3.05) is 0 Å². The van der Waals surface area contributed by atoms with Gasteiger partial charge in [0.2, 0.25) is 0 Å². The topological polar surface area (TPSA) is 26.3 Å². The molecule has 1 aromatic rings. The lowest BCUT2D eigenvalue weighted by Gasteiger charge is -2.24. The van der Waals surface area contributed by atoms with Crippen LogP contribution in [0, 0.1) is 5.92 Å². The minimum absolute atomic E-state index is 0.251. The molecule has 0 spiro atoms. The van der Waals surface area contributed by atoms with E-state index in [1.807, 2.05) is 18.2 Å². The minimum Gasteiger partial charge on any atom is -0.434 e. The van der Waals surface area contributed by atoms with Gasteiger partial charge in [-0.2, -0.15) is 0 Å². The van der Waals surface area contributed by atoms with Gasteiger partial charge in [-0.15, -0.1) is 0 Å². The molecule has 1 aromatic carbocycles. The van der Waals surface area contributed by atoms with E-state index in [9.17, 15) is 4.79 Å². The van der Waals surface area contributed by atoms with Crippen LogP contribution in [0.2, 0.25) is 0 Å². The second-order valence-corrected chi connectivity index (χ2v) is 4.88. The van der Waals surface area contributed by atoms with Crippen molar-refractivity contribution in [1.29, 1.82) is 0 Å². The molecule has 0 amide bonds. The Hall–Kier alpha value is -1.57. The van der Waals surface area contributed by atoms with E-state index in [4.69, 9.17) is 4.74 Å². The largest absolute Gasteiger partial charge is 0.434 e. The number of hydrogen-bond donors (Lipinski definition) is 0. The number of ether oxygens (including phenoxy) is 1. The second-order valence-electron chi connectivity index (χ2n) is 4.88. The van der Waals surface area contributed by atoms with Crippen molar-refractivity contribution < 1.29 is 9.53 Å². The molecule has 2 nitrogen and oxygen atoms in total. The van der Waals surface area contributed by atoms with Crippen LogP contribution in [-0.4, -0.2) is 5.97 Å². The molecular weight excluding hydrogens is 224 g/mol. The normalized spacial score (nSPS) is 17.5. The van der Waals surface area contributed by atoms with Crippen molar-refractivity contribution >= 4 is 11.5 Å². The van der Waals surface area contributed by atoms with E-state index in [-0.39, 0.29) is 5.97 Å². The molecule has 1 saturated carbocycles. The molecule has 0 N–H and O–H groups in total. The molecule has 0 unspecified atom stereocenters. The lowest BCUT2D eigenvalue weighted by atomic mass is 9.81. The highest BCUT2D eigenvalue weighted by Crippen LogP contribution is 2.35. The Morgan fingerprint density at radius 1 is 1.17 bits per heavy atom. The standard InChI is InChI=1S/C16H20O2/c1-13(17)18-12-16(14-8-4-2-5-9-14)15-10-6-3-7-11-15/h2,4-5,8-9,12,15H,3,6-7,10-11H2,1H3/b16-12+. The molecule has 0 radical (unpaired) electrons. The van der Waals surface area contributed by atoms with Gasteiger partial charge in [0.25, 0.3) is 0 Å². The quantitative estimate of drug-likeness (QED) is 0.589. The van der Waals surface area contributed by atoms with E-state index >= 15 is 0 Å². The zero-order valence-corrected chi connectivity index (χ0v) is 10.9. The van der Waals surface area contributed by atoms with Crippen molar-refractivity contribution in [2.45, 2.75) is 39.0 Å². The van der Waals surface area contributed by atoms with E-state index in [1.165, 1.54) is 50.2 Å². The van der Waals surface area contributed by atoms with Crippen LogP contribution in [-0.2, 0) is 9.53 Å². The maximum Gasteiger partial charge on any atom is 0.307 e. The predicted octanol–water partition coefficient (Wildman–Crippen LogP) is 4.17. The van der Waals surface area contributed by atoms with Gasteiger partial charge in [-0.1, -0.05) is 49.6 Å². The smallest absolute Gasteiger partial charge is 0.307 e. The maximum atomic E-state index is 11.0. The van der Waals surface area contributed by atoms with Crippen molar-refractivity contribution in [3.05, 3.63) is 42.2 Å². The molecule has 2 heteroatoms. The van der Waals surface area contributed by atoms with Crippen molar-refractivity contribution in [2.24, 2.45) is 5.92 Å². The predicted molar refractivity (Wildman–Crippen MR) is 72.8 cm³/mol. The lowest BCUT2D eigenvalue weighted by Crippen LogP contribution is -2.09. The zero-order chi connectivity index (χ0) is 12.8. The van der Waals surface area contributed by atoms with E-state index in [2.05, 4.69) is 12.1 Å². The van der Waals surface area contributed by atoms with Crippen LogP contribution >= 0.6 is 0 Å². The third-order valence-corrected chi connectivity index (χ3v) is 3.50. The molecule has 96 valence electrons. The zero-order valence-electron chi connectivity index (χ0n) is 10.9. The first-order chi connectivity index (χ1) is 8.77. The van der Waals surface area contributed by atoms with Gasteiger partial charge in [0, 0.05) is 6.92 Å². The molecule has 1 fully saturated rings. The number of carbonyl (C=O) groups is 1. The number of allylic oxidation sites excluding steroid dienone is 1. The summed E-state index contributed by atoms with van der Waals surface area (Å²) in [5.41, 5.74) is 2.34. The van der Waals surface area contributed by atoms with E-state index in [0.717, 1.165) is 0 Å². The van der Waals surface area contributed by atoms with Gasteiger partial charge in [-0.05, 0) is 29.9 Å². The van der Waals surface area contributed by atoms with E-state index < -0.39 is 0 Å². The summed E-state index contributed by atoms with van der Waals surface area (Å²) in [6.45, 7) is 1.44. The first-order valence-corrected chi connectivity index (χ1v) is 6.70. The van der Waals surface area contributed by atoms with Crippen LogP contribution in [0.4, 0.5) is 0 Å². The molecule has 1 aliphatic rings. The maximum absolute atomic E-state index is 11.0. The Balaban J connectivity index is 2.22. The number of carbonyl (C=O) groups excluding carboxylic acids is 1. The molecule has 0 heterocycles. The van der Waals surface area contributed by atoms with Gasteiger partial charge in [-0.3, -0.25) is 4.79 Å². The molecule has 0 bridgehead atoms. The average molecular weight is 244 g/mol. The summed E-state index contributed by atoms with van der Waals surface area (Å²) in [5, 5.41) is 0. The van der Waals surface area contributed by atoms with Crippen LogP contribution in [0.1, 0.15) is 44.6 Å². The fourth-order valence-corrected chi connectivity index (χ4v) is 2.59. The summed E-state index contributed by atoms with van der Waals surface area (Å²) < 4.78 is 5.11. The molecule has 18 heavy (non-hydrogen) atoms. The Morgan fingerprint density at radius 3 is 2.44 bits per heavy atom. The molecule has 0 atom stereocenters. The molecular formula is C16H20O2. The van der Waals surface area contributed by atoms with Gasteiger partial charge in [0.15, 0.2) is 0 Å². The van der Waals surface area contributed by atoms with E-state index in [1.54, 1.807) is 6.26 Å². The third kappa shape index (κ3) is 3.46. The SMILES string of the molecule is CC(=O)O/C=C(\c1ccccc1)C1CCCCC1. The number of esters is 1. The van der Waals surface area contributed by atoms with Crippen LogP contribution in [0.15, 0.2) is 36.6 Å². The van der Waals surface area contributed by atoms with E-state index in [0.29, 0.717) is 5.92 Å². The Labute approximate surface area is 109 Å². The molecule has 1 aliphatic carbocycles. The molecule has 2 rings (SSSR count). The van der Waals surface area contributed by atoms with Crippen LogP contribution in [0.25, 0.3) is 5.57 Å². The summed E-state index contributed by atoms with van der Waals surface area (Å²) >= 11 is 0. The van der Waals surface area contributed by atoms with Crippen molar-refractivity contribution in [3.8, 4) is 0 Å². The van der Waals surface area contributed by atoms with Crippen LogP contribution < -0.4 is 0 Å². The summed E-state index contributed by atoms with van der Waals surface area (Å²) in [6, 6.07) is 10.2. The fourth-order valence-electron chi connectivity index (χ4n) is 2.59. The Morgan fingerprint density at radius 2 is 1.83 bits per heavy atom. The second kappa shape index (κ2) is 6.39.